The van der Waals surface area contributed by atoms with E-state index in [1.165, 1.54) is 29.6 Å². The largest absolute Gasteiger partial charge is 0.325 e. The molecule has 0 radical (unpaired) electrons. The topological polar surface area (TPSA) is 63.1 Å². The van der Waals surface area contributed by atoms with Crippen LogP contribution in [-0.2, 0) is 6.54 Å². The van der Waals surface area contributed by atoms with E-state index in [0.29, 0.717) is 27.7 Å². The van der Waals surface area contributed by atoms with Crippen LogP contribution >= 0.6 is 11.6 Å². The molecule has 1 saturated heterocycles. The molecule has 1 aliphatic heterocycles. The highest BCUT2D eigenvalue weighted by atomic mass is 35.5. The molecule has 1 N–H and O–H groups in total. The summed E-state index contributed by atoms with van der Waals surface area (Å²) < 4.78 is 1.48. The molecule has 2 aromatic heterocycles. The lowest BCUT2D eigenvalue weighted by molar-refractivity contribution is 0.172. The van der Waals surface area contributed by atoms with Gasteiger partial charge in [0.05, 0.1) is 10.9 Å². The van der Waals surface area contributed by atoms with Crippen LogP contribution in [0.5, 0.6) is 0 Å². The summed E-state index contributed by atoms with van der Waals surface area (Å²) in [7, 11) is 0. The van der Waals surface area contributed by atoms with Gasteiger partial charge >= 0.3 is 0 Å². The predicted molar refractivity (Wildman–Crippen MR) is 120 cm³/mol. The van der Waals surface area contributed by atoms with Crippen LogP contribution in [0, 0.1) is 0 Å². The van der Waals surface area contributed by atoms with Crippen molar-refractivity contribution < 1.29 is 0 Å². The Morgan fingerprint density at radius 2 is 1.87 bits per heavy atom. The maximum absolute atomic E-state index is 13.3. The lowest BCUT2D eigenvalue weighted by atomic mass is 10.1. The Morgan fingerprint density at radius 1 is 1.03 bits per heavy atom. The van der Waals surface area contributed by atoms with Gasteiger partial charge in [0.1, 0.15) is 5.82 Å². The number of halogens is 1. The van der Waals surface area contributed by atoms with E-state index in [-0.39, 0.29) is 5.56 Å². The van der Waals surface area contributed by atoms with Crippen molar-refractivity contribution in [2.45, 2.75) is 13.0 Å². The summed E-state index contributed by atoms with van der Waals surface area (Å²) >= 11 is 6.11. The van der Waals surface area contributed by atoms with E-state index in [9.17, 15) is 4.79 Å². The molecule has 30 heavy (non-hydrogen) atoms. The highest BCUT2D eigenvalue weighted by Crippen LogP contribution is 2.22. The molecule has 3 heterocycles. The number of aromatic nitrogens is 3. The molecule has 2 aromatic carbocycles. The standard InChI is InChI=1S/C23H20ClN5O/c24-17-7-10-20-19(14-17)22(30)29(21-4-1-2-11-25-21)23(27-20)26-18-8-5-16(6-9-18)15-28-12-3-13-28/h1-2,4-11,14H,3,12-13,15H2,(H,26,27). The second-order valence-electron chi connectivity index (χ2n) is 7.38. The third kappa shape index (κ3) is 3.67. The average molecular weight is 418 g/mol. The van der Waals surface area contributed by atoms with Gasteiger partial charge in [-0.25, -0.2) is 14.5 Å². The van der Waals surface area contributed by atoms with Gasteiger partial charge in [0, 0.05) is 23.5 Å². The first-order valence-corrected chi connectivity index (χ1v) is 10.3. The Labute approximate surface area is 178 Å². The predicted octanol–water partition coefficient (Wildman–Crippen LogP) is 4.38. The maximum Gasteiger partial charge on any atom is 0.268 e. The van der Waals surface area contributed by atoms with Crippen molar-refractivity contribution in [1.82, 2.24) is 19.4 Å². The van der Waals surface area contributed by atoms with Gasteiger partial charge < -0.3 is 5.32 Å². The fourth-order valence-corrected chi connectivity index (χ4v) is 3.73. The molecular weight excluding hydrogens is 398 g/mol. The average Bonchev–Trinajstić information content (AvgIpc) is 2.73. The minimum Gasteiger partial charge on any atom is -0.325 e. The van der Waals surface area contributed by atoms with Gasteiger partial charge in [-0.3, -0.25) is 9.69 Å². The third-order valence-corrected chi connectivity index (χ3v) is 5.51. The molecule has 0 atom stereocenters. The first-order chi connectivity index (χ1) is 14.7. The number of benzene rings is 2. The minimum absolute atomic E-state index is 0.224. The first-order valence-electron chi connectivity index (χ1n) is 9.89. The van der Waals surface area contributed by atoms with Gasteiger partial charge in [-0.15, -0.1) is 0 Å². The summed E-state index contributed by atoms with van der Waals surface area (Å²) in [6.07, 6.45) is 2.93. The molecule has 0 bridgehead atoms. The lowest BCUT2D eigenvalue weighted by Crippen LogP contribution is -2.36. The quantitative estimate of drug-likeness (QED) is 0.522. The number of hydrogen-bond donors (Lipinski definition) is 1. The zero-order chi connectivity index (χ0) is 20.5. The highest BCUT2D eigenvalue weighted by Gasteiger charge is 2.15. The zero-order valence-electron chi connectivity index (χ0n) is 16.3. The number of anilines is 2. The Bertz CT molecular complexity index is 1250. The SMILES string of the molecule is O=c1c2cc(Cl)ccc2nc(Nc2ccc(CN3CCC3)cc2)n1-c1ccccn1. The number of fused-ring (bicyclic) bond motifs is 1. The second kappa shape index (κ2) is 7.89. The van der Waals surface area contributed by atoms with Crippen molar-refractivity contribution in [3.8, 4) is 5.82 Å². The van der Waals surface area contributed by atoms with Gasteiger partial charge in [0.25, 0.3) is 5.56 Å². The van der Waals surface area contributed by atoms with Crippen LogP contribution < -0.4 is 10.9 Å². The van der Waals surface area contributed by atoms with Crippen molar-refractivity contribution in [2.24, 2.45) is 0 Å². The van der Waals surface area contributed by atoms with Gasteiger partial charge in [-0.05, 0) is 67.5 Å². The molecule has 7 heteroatoms. The minimum atomic E-state index is -0.224. The summed E-state index contributed by atoms with van der Waals surface area (Å²) in [4.78, 5) is 24.7. The number of hydrogen-bond acceptors (Lipinski definition) is 5. The van der Waals surface area contributed by atoms with Crippen LogP contribution in [0.4, 0.5) is 11.6 Å². The van der Waals surface area contributed by atoms with E-state index < -0.39 is 0 Å². The summed E-state index contributed by atoms with van der Waals surface area (Å²) in [5, 5.41) is 4.23. The molecule has 6 nitrogen and oxygen atoms in total. The van der Waals surface area contributed by atoms with Crippen molar-refractivity contribution >= 4 is 34.1 Å². The van der Waals surface area contributed by atoms with Gasteiger partial charge in [0.2, 0.25) is 5.95 Å². The highest BCUT2D eigenvalue weighted by molar-refractivity contribution is 6.31. The summed E-state index contributed by atoms with van der Waals surface area (Å²) in [5.74, 6) is 0.901. The fraction of sp³-hybridized carbons (Fsp3) is 0.174. The van der Waals surface area contributed by atoms with Crippen molar-refractivity contribution in [1.29, 1.82) is 0 Å². The first kappa shape index (κ1) is 18.8. The number of nitrogens with zero attached hydrogens (tertiary/aromatic N) is 4. The number of rotatable bonds is 5. The van der Waals surface area contributed by atoms with Gasteiger partial charge in [0.15, 0.2) is 0 Å². The lowest BCUT2D eigenvalue weighted by Gasteiger charge is -2.30. The third-order valence-electron chi connectivity index (χ3n) is 5.27. The van der Waals surface area contributed by atoms with Crippen LogP contribution in [0.1, 0.15) is 12.0 Å². The molecule has 4 aromatic rings. The smallest absolute Gasteiger partial charge is 0.268 e. The fourth-order valence-electron chi connectivity index (χ4n) is 3.56. The number of likely N-dealkylation sites (tertiary alicyclic amines) is 1. The normalized spacial score (nSPS) is 13.9. The van der Waals surface area contributed by atoms with E-state index in [1.54, 1.807) is 30.5 Å². The maximum atomic E-state index is 13.3. The van der Waals surface area contributed by atoms with Crippen LogP contribution in [0.3, 0.4) is 0 Å². The summed E-state index contributed by atoms with van der Waals surface area (Å²) in [5.41, 5.74) is 2.47. The van der Waals surface area contributed by atoms with Crippen LogP contribution in [0.15, 0.2) is 71.7 Å². The summed E-state index contributed by atoms with van der Waals surface area (Å²) in [6, 6.07) is 18.8. The van der Waals surface area contributed by atoms with Crippen molar-refractivity contribution in [2.75, 3.05) is 18.4 Å². The van der Waals surface area contributed by atoms with E-state index in [0.717, 1.165) is 12.2 Å². The molecule has 0 spiro atoms. The van der Waals surface area contributed by atoms with Crippen LogP contribution in [-0.4, -0.2) is 32.5 Å². The summed E-state index contributed by atoms with van der Waals surface area (Å²) in [6.45, 7) is 3.30. The molecule has 0 aliphatic carbocycles. The van der Waals surface area contributed by atoms with Crippen LogP contribution in [0.2, 0.25) is 5.02 Å². The molecule has 0 saturated carbocycles. The molecule has 1 fully saturated rings. The van der Waals surface area contributed by atoms with Crippen molar-refractivity contribution in [3.63, 3.8) is 0 Å². The molecule has 0 unspecified atom stereocenters. The van der Waals surface area contributed by atoms with Crippen LogP contribution in [0.25, 0.3) is 16.7 Å². The molecular formula is C23H20ClN5O. The Kier molecular flexibility index (Phi) is 4.94. The second-order valence-corrected chi connectivity index (χ2v) is 7.81. The van der Waals surface area contributed by atoms with E-state index in [2.05, 4.69) is 32.3 Å². The molecule has 150 valence electrons. The zero-order valence-corrected chi connectivity index (χ0v) is 17.0. The van der Waals surface area contributed by atoms with E-state index in [4.69, 9.17) is 11.6 Å². The Morgan fingerprint density at radius 3 is 2.57 bits per heavy atom. The number of nitrogens with one attached hydrogen (secondary N) is 1. The molecule has 5 rings (SSSR count). The molecule has 1 aliphatic rings. The Hall–Kier alpha value is -3.22. The van der Waals surface area contributed by atoms with Gasteiger partial charge in [-0.2, -0.15) is 0 Å². The Balaban J connectivity index is 1.55. The van der Waals surface area contributed by atoms with Gasteiger partial charge in [-0.1, -0.05) is 29.8 Å². The van der Waals surface area contributed by atoms with Crippen molar-refractivity contribution in [3.05, 3.63) is 87.8 Å². The van der Waals surface area contributed by atoms with E-state index in [1.807, 2.05) is 24.3 Å². The van der Waals surface area contributed by atoms with E-state index >= 15 is 0 Å². The molecule has 0 amide bonds. The monoisotopic (exact) mass is 417 g/mol. The number of pyridine rings is 1.